The van der Waals surface area contributed by atoms with E-state index in [1.807, 2.05) is 58.2 Å². The minimum Gasteiger partial charge on any atom is -0.444 e. The summed E-state index contributed by atoms with van der Waals surface area (Å²) in [5, 5.41) is 3.08. The monoisotopic (exact) mass is 707 g/mol. The number of likely N-dealkylation sites (tertiary alicyclic amines) is 1. The highest BCUT2D eigenvalue weighted by Crippen LogP contribution is 2.44. The molecule has 1 N–H and O–H groups in total. The van der Waals surface area contributed by atoms with E-state index in [0.717, 1.165) is 24.6 Å². The molecule has 1 aliphatic rings. The second-order valence-electron chi connectivity index (χ2n) is 16.0. The summed E-state index contributed by atoms with van der Waals surface area (Å²) < 4.78 is 44.9. The molecule has 1 atom stereocenters. The highest BCUT2D eigenvalue weighted by atomic mass is 28.4. The van der Waals surface area contributed by atoms with Crippen LogP contribution in [-0.4, -0.2) is 62.5 Å². The number of anilines is 2. The number of imidazole rings is 1. The summed E-state index contributed by atoms with van der Waals surface area (Å²) >= 11 is 0. The smallest absolute Gasteiger partial charge is 0.410 e. The Hall–Kier alpha value is -3.97. The zero-order valence-corrected chi connectivity index (χ0v) is 32.2. The maximum absolute atomic E-state index is 15.2. The standard InChI is InChI=1S/C37H51F2N7O3Si/c1-22(2)46-23(3)42-32-27(38)18-26(19-29(32)46)31-28(39)21-41-34(44-31)43-30-13-12-25(20-40-30)33(49-50(10,11)37(7,8)9)24-14-16-45(17-15-24)35(47)48-36(4,5)6/h12-13,18-22,24,33H,14-17H2,1-11H3,(H,40,41,43,44). The van der Waals surface area contributed by atoms with Crippen LogP contribution in [0.4, 0.5) is 25.3 Å². The fraction of sp³-hybridized carbons (Fsp3) is 0.541. The van der Waals surface area contributed by atoms with Crippen molar-refractivity contribution in [2.24, 2.45) is 5.92 Å². The molecule has 10 nitrogen and oxygen atoms in total. The Kier molecular flexibility index (Phi) is 10.4. The summed E-state index contributed by atoms with van der Waals surface area (Å²) in [6.45, 7) is 23.7. The quantitative estimate of drug-likeness (QED) is 0.181. The molecule has 1 amide bonds. The van der Waals surface area contributed by atoms with E-state index in [2.05, 4.69) is 59.1 Å². The highest BCUT2D eigenvalue weighted by molar-refractivity contribution is 6.74. The number of rotatable bonds is 8. The molecule has 50 heavy (non-hydrogen) atoms. The number of nitrogens with one attached hydrogen (secondary N) is 1. The molecule has 3 aromatic heterocycles. The van der Waals surface area contributed by atoms with Gasteiger partial charge in [-0.05, 0) is 102 Å². The normalized spacial score (nSPS) is 15.5. The number of halogens is 2. The van der Waals surface area contributed by atoms with Crippen LogP contribution in [-0.2, 0) is 9.16 Å². The van der Waals surface area contributed by atoms with Gasteiger partial charge in [-0.3, -0.25) is 0 Å². The summed E-state index contributed by atoms with van der Waals surface area (Å²) in [4.78, 5) is 32.1. The number of benzene rings is 1. The molecule has 1 saturated heterocycles. The first-order valence-electron chi connectivity index (χ1n) is 17.3. The van der Waals surface area contributed by atoms with Crippen molar-refractivity contribution in [3.63, 3.8) is 0 Å². The Morgan fingerprint density at radius 3 is 2.24 bits per heavy atom. The molecule has 0 radical (unpaired) electrons. The summed E-state index contributed by atoms with van der Waals surface area (Å²) in [6, 6.07) is 6.81. The number of fused-ring (bicyclic) bond motifs is 1. The molecule has 4 aromatic rings. The van der Waals surface area contributed by atoms with Gasteiger partial charge in [-0.15, -0.1) is 0 Å². The third kappa shape index (κ3) is 8.15. The first kappa shape index (κ1) is 37.3. The fourth-order valence-electron chi connectivity index (χ4n) is 6.09. The summed E-state index contributed by atoms with van der Waals surface area (Å²) in [7, 11) is -2.19. The molecule has 270 valence electrons. The second-order valence-corrected chi connectivity index (χ2v) is 20.8. The highest BCUT2D eigenvalue weighted by Gasteiger charge is 2.42. The lowest BCUT2D eigenvalue weighted by atomic mass is 9.88. The third-order valence-electron chi connectivity index (χ3n) is 9.66. The second kappa shape index (κ2) is 14.0. The van der Waals surface area contributed by atoms with Crippen molar-refractivity contribution >= 4 is 37.2 Å². The van der Waals surface area contributed by atoms with Crippen molar-refractivity contribution in [1.82, 2.24) is 29.4 Å². The van der Waals surface area contributed by atoms with E-state index in [4.69, 9.17) is 9.16 Å². The molecule has 5 rings (SSSR count). The van der Waals surface area contributed by atoms with E-state index < -0.39 is 25.6 Å². The van der Waals surface area contributed by atoms with Gasteiger partial charge in [0.25, 0.3) is 0 Å². The van der Waals surface area contributed by atoms with Gasteiger partial charge < -0.3 is 23.9 Å². The van der Waals surface area contributed by atoms with Crippen LogP contribution < -0.4 is 5.32 Å². The molecule has 13 heteroatoms. The van der Waals surface area contributed by atoms with Crippen LogP contribution in [0.5, 0.6) is 0 Å². The molecule has 0 spiro atoms. The summed E-state index contributed by atoms with van der Waals surface area (Å²) in [5.41, 5.74) is 1.45. The summed E-state index contributed by atoms with van der Waals surface area (Å²) in [6.07, 6.45) is 3.91. The van der Waals surface area contributed by atoms with E-state index >= 15 is 8.78 Å². The Bertz CT molecular complexity index is 1840. The number of ether oxygens (including phenoxy) is 1. The van der Waals surface area contributed by atoms with Gasteiger partial charge in [0, 0.05) is 30.9 Å². The van der Waals surface area contributed by atoms with Gasteiger partial charge in [-0.2, -0.15) is 0 Å². The molecule has 0 saturated carbocycles. The van der Waals surface area contributed by atoms with Gasteiger partial charge >= 0.3 is 6.09 Å². The van der Waals surface area contributed by atoms with Crippen LogP contribution in [0.3, 0.4) is 0 Å². The predicted octanol–water partition coefficient (Wildman–Crippen LogP) is 9.51. The number of nitrogens with zero attached hydrogens (tertiary/aromatic N) is 6. The molecule has 0 bridgehead atoms. The van der Waals surface area contributed by atoms with Crippen molar-refractivity contribution in [2.45, 2.75) is 111 Å². The van der Waals surface area contributed by atoms with Gasteiger partial charge in [0.15, 0.2) is 20.0 Å². The molecule has 1 aromatic carbocycles. The van der Waals surface area contributed by atoms with E-state index in [1.165, 1.54) is 6.07 Å². The number of hydrogen-bond acceptors (Lipinski definition) is 8. The molecule has 1 unspecified atom stereocenters. The number of carbonyl (C=O) groups is 1. The van der Waals surface area contributed by atoms with Gasteiger partial charge in [-0.25, -0.2) is 33.5 Å². The van der Waals surface area contributed by atoms with E-state index in [-0.39, 0.29) is 51.9 Å². The van der Waals surface area contributed by atoms with E-state index in [0.29, 0.717) is 30.2 Å². The van der Waals surface area contributed by atoms with Crippen molar-refractivity contribution < 1.29 is 22.7 Å². The predicted molar refractivity (Wildman–Crippen MR) is 195 cm³/mol. The van der Waals surface area contributed by atoms with Crippen LogP contribution >= 0.6 is 0 Å². The van der Waals surface area contributed by atoms with Crippen molar-refractivity contribution in [3.8, 4) is 11.3 Å². The number of carbonyl (C=O) groups excluding carboxylic acids is 1. The van der Waals surface area contributed by atoms with Gasteiger partial charge in [-0.1, -0.05) is 26.8 Å². The van der Waals surface area contributed by atoms with Crippen molar-refractivity contribution in [3.05, 3.63) is 59.7 Å². The number of piperidine rings is 1. The summed E-state index contributed by atoms with van der Waals surface area (Å²) in [5.74, 6) is 0.226. The maximum Gasteiger partial charge on any atom is 0.410 e. The molecule has 4 heterocycles. The molecule has 0 aliphatic carbocycles. The van der Waals surface area contributed by atoms with Gasteiger partial charge in [0.1, 0.15) is 28.5 Å². The minimum atomic E-state index is -2.19. The third-order valence-corrected chi connectivity index (χ3v) is 14.1. The Morgan fingerprint density at radius 2 is 1.66 bits per heavy atom. The topological polar surface area (TPSA) is 107 Å². The molecular formula is C37H51F2N7O3Si. The zero-order chi connectivity index (χ0) is 36.8. The van der Waals surface area contributed by atoms with Gasteiger partial charge in [0.2, 0.25) is 5.95 Å². The first-order valence-corrected chi connectivity index (χ1v) is 20.2. The Balaban J connectivity index is 1.38. The maximum atomic E-state index is 15.2. The number of aromatic nitrogens is 5. The fourth-order valence-corrected chi connectivity index (χ4v) is 7.41. The van der Waals surface area contributed by atoms with E-state index in [9.17, 15) is 4.79 Å². The lowest BCUT2D eigenvalue weighted by Gasteiger charge is -2.43. The first-order chi connectivity index (χ1) is 23.2. The van der Waals surface area contributed by atoms with Crippen LogP contribution in [0.15, 0.2) is 36.7 Å². The van der Waals surface area contributed by atoms with Crippen molar-refractivity contribution in [1.29, 1.82) is 0 Å². The van der Waals surface area contributed by atoms with Crippen LogP contribution in [0.25, 0.3) is 22.3 Å². The minimum absolute atomic E-state index is 0.00427. The zero-order valence-electron chi connectivity index (χ0n) is 31.2. The number of hydrogen-bond donors (Lipinski definition) is 1. The number of aryl methyl sites for hydroxylation is 1. The SMILES string of the molecule is Cc1nc2c(F)cc(-c3nc(Nc4ccc(C(O[Si](C)(C)C(C)(C)C)C5CCN(C(=O)OC(C)(C)C)CC5)cn4)ncc3F)cc2n1C(C)C. The average Bonchev–Trinajstić information content (AvgIpc) is 3.36. The lowest BCUT2D eigenvalue weighted by Crippen LogP contribution is -2.46. The largest absolute Gasteiger partial charge is 0.444 e. The Morgan fingerprint density at radius 1 is 0.980 bits per heavy atom. The van der Waals surface area contributed by atoms with Crippen LogP contribution in [0, 0.1) is 24.5 Å². The van der Waals surface area contributed by atoms with Crippen LogP contribution in [0.1, 0.15) is 91.8 Å². The lowest BCUT2D eigenvalue weighted by molar-refractivity contribution is 0.00918. The van der Waals surface area contributed by atoms with E-state index in [1.54, 1.807) is 17.2 Å². The van der Waals surface area contributed by atoms with Crippen LogP contribution in [0.2, 0.25) is 18.1 Å². The van der Waals surface area contributed by atoms with Gasteiger partial charge in [0.05, 0.1) is 17.8 Å². The molecular weight excluding hydrogens is 657 g/mol. The van der Waals surface area contributed by atoms with Crippen molar-refractivity contribution in [2.75, 3.05) is 18.4 Å². The molecule has 1 fully saturated rings. The Labute approximate surface area is 295 Å². The average molecular weight is 708 g/mol. The number of amides is 1. The number of pyridine rings is 1. The molecule has 1 aliphatic heterocycles.